The summed E-state index contributed by atoms with van der Waals surface area (Å²) < 4.78 is 20.7. The highest BCUT2D eigenvalue weighted by molar-refractivity contribution is 6.33. The van der Waals surface area contributed by atoms with Crippen LogP contribution in [0.1, 0.15) is 44.9 Å². The number of hydrogen-bond donors (Lipinski definition) is 2. The Balaban J connectivity index is 1.40. The minimum absolute atomic E-state index is 0.0281. The Labute approximate surface area is 220 Å². The number of furan rings is 1. The van der Waals surface area contributed by atoms with Crippen LogP contribution < -0.4 is 10.7 Å². The number of benzene rings is 2. The van der Waals surface area contributed by atoms with Gasteiger partial charge in [-0.3, -0.25) is 9.59 Å². The van der Waals surface area contributed by atoms with Gasteiger partial charge in [0.05, 0.1) is 22.1 Å². The molecular formula is C25H20ClFN6O5. The van der Waals surface area contributed by atoms with Crippen LogP contribution >= 0.6 is 11.6 Å². The van der Waals surface area contributed by atoms with Gasteiger partial charge in [-0.1, -0.05) is 35.9 Å². The van der Waals surface area contributed by atoms with E-state index in [1.807, 2.05) is 0 Å². The number of carbonyl (C=O) groups excluding carboxylic acids is 2. The van der Waals surface area contributed by atoms with Gasteiger partial charge >= 0.3 is 11.7 Å². The lowest BCUT2D eigenvalue weighted by molar-refractivity contribution is -0.389. The summed E-state index contributed by atoms with van der Waals surface area (Å²) in [5, 5.41) is 21.5. The highest BCUT2D eigenvalue weighted by Crippen LogP contribution is 2.27. The third-order valence-electron chi connectivity index (χ3n) is 5.46. The van der Waals surface area contributed by atoms with Crippen LogP contribution in [0.25, 0.3) is 0 Å². The van der Waals surface area contributed by atoms with Crippen LogP contribution in [0.4, 0.5) is 15.9 Å². The number of anilines is 1. The Morgan fingerprint density at radius 1 is 1.16 bits per heavy atom. The zero-order valence-corrected chi connectivity index (χ0v) is 20.8. The van der Waals surface area contributed by atoms with E-state index in [2.05, 4.69) is 20.9 Å². The fourth-order valence-corrected chi connectivity index (χ4v) is 3.64. The van der Waals surface area contributed by atoms with Crippen LogP contribution in [0.3, 0.4) is 0 Å². The minimum atomic E-state index is -0.681. The predicted octanol–water partition coefficient (Wildman–Crippen LogP) is 4.94. The second kappa shape index (κ2) is 11.0. The van der Waals surface area contributed by atoms with Crippen molar-refractivity contribution in [2.75, 3.05) is 5.32 Å². The zero-order valence-electron chi connectivity index (χ0n) is 20.1. The maximum Gasteiger partial charge on any atom is 0.408 e. The number of nitro groups is 1. The lowest BCUT2D eigenvalue weighted by Crippen LogP contribution is -2.19. The van der Waals surface area contributed by atoms with Crippen LogP contribution in [0, 0.1) is 22.9 Å². The van der Waals surface area contributed by atoms with Gasteiger partial charge in [0.15, 0.2) is 10.8 Å². The molecule has 0 aliphatic carbocycles. The molecule has 11 nitrogen and oxygen atoms in total. The SMILES string of the molecule is CC(=NNC(=O)c1ccc(Cn2nc([N+](=O)[O-])c(Cl)c2C)o1)c1cccc(NC(=O)c2ccccc2F)c1. The monoisotopic (exact) mass is 538 g/mol. The summed E-state index contributed by atoms with van der Waals surface area (Å²) in [6, 6.07) is 15.3. The fraction of sp³-hybridized carbons (Fsp3) is 0.120. The first-order valence-corrected chi connectivity index (χ1v) is 11.5. The predicted molar refractivity (Wildman–Crippen MR) is 137 cm³/mol. The highest BCUT2D eigenvalue weighted by atomic mass is 35.5. The van der Waals surface area contributed by atoms with Crippen LogP contribution in [0.15, 0.2) is 70.2 Å². The van der Waals surface area contributed by atoms with Crippen molar-refractivity contribution in [3.05, 3.63) is 110 Å². The van der Waals surface area contributed by atoms with Gasteiger partial charge < -0.3 is 19.8 Å². The van der Waals surface area contributed by atoms with Gasteiger partial charge in [0, 0.05) is 5.69 Å². The smallest absolute Gasteiger partial charge is 0.408 e. The van der Waals surface area contributed by atoms with Gasteiger partial charge in [0.1, 0.15) is 18.1 Å². The molecule has 194 valence electrons. The summed E-state index contributed by atoms with van der Waals surface area (Å²) in [5.74, 6) is -2.03. The third-order valence-corrected chi connectivity index (χ3v) is 5.90. The number of aromatic nitrogens is 2. The standard InChI is InChI=1S/C25H20ClFN6O5/c1-14(16-6-5-7-17(12-16)28-24(34)19-8-3-4-9-20(19)27)29-30-25(35)21-11-10-18(38-21)13-32-15(2)22(26)23(31-32)33(36)37/h3-12H,13H2,1-2H3,(H,28,34)(H,30,35). The van der Waals surface area contributed by atoms with E-state index in [0.29, 0.717) is 28.4 Å². The van der Waals surface area contributed by atoms with Gasteiger partial charge in [-0.05, 0) is 60.7 Å². The molecule has 0 atom stereocenters. The number of hydrogen-bond acceptors (Lipinski definition) is 7. The average molecular weight is 539 g/mol. The zero-order chi connectivity index (χ0) is 27.4. The van der Waals surface area contributed by atoms with Crippen molar-refractivity contribution in [3.8, 4) is 0 Å². The Morgan fingerprint density at radius 3 is 2.63 bits per heavy atom. The maximum atomic E-state index is 13.9. The van der Waals surface area contributed by atoms with Crippen molar-refractivity contribution in [2.24, 2.45) is 5.10 Å². The number of amides is 2. The topological polar surface area (TPSA) is 145 Å². The van der Waals surface area contributed by atoms with E-state index in [1.54, 1.807) is 44.2 Å². The fourth-order valence-electron chi connectivity index (χ4n) is 3.43. The molecule has 0 aliphatic rings. The molecule has 2 N–H and O–H groups in total. The average Bonchev–Trinajstić information content (AvgIpc) is 3.48. The summed E-state index contributed by atoms with van der Waals surface area (Å²) in [4.78, 5) is 35.2. The van der Waals surface area contributed by atoms with E-state index in [9.17, 15) is 24.1 Å². The molecule has 4 aromatic rings. The van der Waals surface area contributed by atoms with Crippen molar-refractivity contribution in [3.63, 3.8) is 0 Å². The quantitative estimate of drug-likeness (QED) is 0.185. The van der Waals surface area contributed by atoms with Gasteiger partial charge in [-0.25, -0.2) is 9.82 Å². The number of rotatable bonds is 8. The molecule has 38 heavy (non-hydrogen) atoms. The molecule has 0 aliphatic heterocycles. The van der Waals surface area contributed by atoms with Crippen molar-refractivity contribution in [1.29, 1.82) is 0 Å². The molecule has 2 aromatic heterocycles. The van der Waals surface area contributed by atoms with Gasteiger partial charge in [0.25, 0.3) is 5.91 Å². The number of hydrazone groups is 1. The highest BCUT2D eigenvalue weighted by Gasteiger charge is 2.24. The lowest BCUT2D eigenvalue weighted by atomic mass is 10.1. The number of nitrogens with zero attached hydrogens (tertiary/aromatic N) is 4. The normalized spacial score (nSPS) is 11.3. The van der Waals surface area contributed by atoms with Crippen molar-refractivity contribution in [1.82, 2.24) is 15.2 Å². The third kappa shape index (κ3) is 5.76. The molecular weight excluding hydrogens is 519 g/mol. The second-order valence-corrected chi connectivity index (χ2v) is 8.43. The summed E-state index contributed by atoms with van der Waals surface area (Å²) in [5.41, 5.74) is 4.14. The van der Waals surface area contributed by atoms with E-state index in [1.165, 1.54) is 35.0 Å². The summed E-state index contributed by atoms with van der Waals surface area (Å²) in [6.45, 7) is 3.26. The maximum absolute atomic E-state index is 13.9. The molecule has 0 fully saturated rings. The Kier molecular flexibility index (Phi) is 7.63. The number of halogens is 2. The first-order valence-electron chi connectivity index (χ1n) is 11.1. The van der Waals surface area contributed by atoms with E-state index in [0.717, 1.165) is 0 Å². The van der Waals surface area contributed by atoms with Crippen molar-refractivity contribution in [2.45, 2.75) is 20.4 Å². The first-order chi connectivity index (χ1) is 18.1. The molecule has 0 saturated carbocycles. The molecule has 0 radical (unpaired) electrons. The molecule has 0 bridgehead atoms. The van der Waals surface area contributed by atoms with Gasteiger partial charge in [-0.2, -0.15) is 9.78 Å². The summed E-state index contributed by atoms with van der Waals surface area (Å²) in [6.07, 6.45) is 0. The van der Waals surface area contributed by atoms with Crippen LogP contribution in [0.2, 0.25) is 5.02 Å². The minimum Gasteiger partial charge on any atom is -0.454 e. The molecule has 4 rings (SSSR count). The molecule has 2 aromatic carbocycles. The van der Waals surface area contributed by atoms with Crippen LogP contribution in [0.5, 0.6) is 0 Å². The first kappa shape index (κ1) is 26.2. The van der Waals surface area contributed by atoms with E-state index in [-0.39, 0.29) is 22.9 Å². The molecule has 0 saturated heterocycles. The lowest BCUT2D eigenvalue weighted by Gasteiger charge is -2.08. The van der Waals surface area contributed by atoms with E-state index in [4.69, 9.17) is 16.0 Å². The molecule has 0 unspecified atom stereocenters. The molecule has 0 spiro atoms. The Morgan fingerprint density at radius 2 is 1.92 bits per heavy atom. The summed E-state index contributed by atoms with van der Waals surface area (Å²) >= 11 is 5.95. The van der Waals surface area contributed by atoms with Crippen LogP contribution in [-0.4, -0.2) is 32.2 Å². The Hall–Kier alpha value is -4.84. The van der Waals surface area contributed by atoms with Crippen molar-refractivity contribution < 1.29 is 23.3 Å². The molecule has 2 heterocycles. The van der Waals surface area contributed by atoms with E-state index >= 15 is 0 Å². The Bertz CT molecular complexity index is 1580. The van der Waals surface area contributed by atoms with Crippen LogP contribution in [-0.2, 0) is 6.54 Å². The largest absolute Gasteiger partial charge is 0.454 e. The van der Waals surface area contributed by atoms with E-state index < -0.39 is 28.4 Å². The number of carbonyl (C=O) groups is 2. The number of nitrogens with one attached hydrogen (secondary N) is 2. The van der Waals surface area contributed by atoms with Gasteiger partial charge in [-0.15, -0.1) is 0 Å². The molecule has 2 amide bonds. The summed E-state index contributed by atoms with van der Waals surface area (Å²) in [7, 11) is 0. The van der Waals surface area contributed by atoms with Crippen molar-refractivity contribution >= 4 is 40.6 Å². The second-order valence-electron chi connectivity index (χ2n) is 8.06. The van der Waals surface area contributed by atoms with Gasteiger partial charge in [0.2, 0.25) is 0 Å². The molecule has 13 heteroatoms.